The molecule has 0 N–H and O–H groups in total. The minimum absolute atomic E-state index is 0.0180. The Hall–Kier alpha value is -3.90. The van der Waals surface area contributed by atoms with Crippen LogP contribution in [-0.4, -0.2) is 6.29 Å². The van der Waals surface area contributed by atoms with Crippen molar-refractivity contribution in [1.82, 2.24) is 0 Å². The molecule has 0 fully saturated rings. The van der Waals surface area contributed by atoms with Gasteiger partial charge in [-0.15, -0.1) is 0 Å². The molecule has 0 saturated heterocycles. The topological polar surface area (TPSA) is 73.9 Å². The number of benzene rings is 4. The largest absolute Gasteiger partial charge is 0.455 e. The number of carbonyl (C=O) groups is 1. The molecule has 0 aliphatic rings. The van der Waals surface area contributed by atoms with Crippen LogP contribution < -0.4 is 4.74 Å². The van der Waals surface area contributed by atoms with Crippen molar-refractivity contribution < 1.29 is 13.9 Å². The number of nitriles is 2. The van der Waals surface area contributed by atoms with Crippen molar-refractivity contribution in [2.24, 2.45) is 0 Å². The number of hydrogen-bond acceptors (Lipinski definition) is 4. The minimum atomic E-state index is -0.574. The third-order valence-electron chi connectivity index (χ3n) is 4.38. The van der Waals surface area contributed by atoms with Gasteiger partial charge in [0.1, 0.15) is 29.5 Å². The van der Waals surface area contributed by atoms with Gasteiger partial charge in [-0.1, -0.05) is 47.5 Å². The van der Waals surface area contributed by atoms with Crippen molar-refractivity contribution in [2.45, 2.75) is 0 Å². The molecule has 0 aromatic heterocycles. The second-order valence-electron chi connectivity index (χ2n) is 6.41. The average Bonchev–Trinajstić information content (AvgIpc) is 2.80. The SMILES string of the molecule is N#Cc1ccc(Cl)cc1F.N#Cc1ccc(Cl)cc1Oc1ccc(C=O)c2ccccc12. The Kier molecular flexibility index (Phi) is 7.41. The van der Waals surface area contributed by atoms with Crippen LogP contribution in [0.2, 0.25) is 10.0 Å². The van der Waals surface area contributed by atoms with E-state index in [1.165, 1.54) is 12.1 Å². The van der Waals surface area contributed by atoms with Crippen LogP contribution in [0, 0.1) is 28.5 Å². The van der Waals surface area contributed by atoms with Gasteiger partial charge in [0.2, 0.25) is 0 Å². The Bertz CT molecular complexity index is 1390. The zero-order chi connectivity index (χ0) is 23.1. The maximum atomic E-state index is 12.5. The summed E-state index contributed by atoms with van der Waals surface area (Å²) < 4.78 is 18.4. The maximum absolute atomic E-state index is 12.5. The lowest BCUT2D eigenvalue weighted by Crippen LogP contribution is -1.91. The van der Waals surface area contributed by atoms with E-state index in [4.69, 9.17) is 38.5 Å². The summed E-state index contributed by atoms with van der Waals surface area (Å²) in [6.45, 7) is 0. The van der Waals surface area contributed by atoms with Crippen LogP contribution in [0.25, 0.3) is 10.8 Å². The normalized spacial score (nSPS) is 9.78. The summed E-state index contributed by atoms with van der Waals surface area (Å²) in [5.74, 6) is 0.383. The lowest BCUT2D eigenvalue weighted by molar-refractivity contribution is 0.112. The number of ether oxygens (including phenoxy) is 1. The van der Waals surface area contributed by atoms with Crippen LogP contribution in [0.1, 0.15) is 21.5 Å². The van der Waals surface area contributed by atoms with Crippen LogP contribution in [0.5, 0.6) is 11.5 Å². The van der Waals surface area contributed by atoms with Crippen molar-refractivity contribution in [3.63, 3.8) is 0 Å². The number of hydrogen-bond donors (Lipinski definition) is 0. The molecule has 0 bridgehead atoms. The van der Waals surface area contributed by atoms with Gasteiger partial charge in [-0.25, -0.2) is 4.39 Å². The second-order valence-corrected chi connectivity index (χ2v) is 7.28. The van der Waals surface area contributed by atoms with Gasteiger partial charge in [-0.2, -0.15) is 10.5 Å². The molecule has 0 unspecified atom stereocenters. The summed E-state index contributed by atoms with van der Waals surface area (Å²) in [7, 11) is 0. The van der Waals surface area contributed by atoms with Gasteiger partial charge in [-0.05, 0) is 47.9 Å². The fourth-order valence-corrected chi connectivity index (χ4v) is 3.18. The Morgan fingerprint density at radius 1 is 0.781 bits per heavy atom. The monoisotopic (exact) mass is 462 g/mol. The van der Waals surface area contributed by atoms with E-state index < -0.39 is 5.82 Å². The molecule has 156 valence electrons. The number of carbonyl (C=O) groups excluding carboxylic acids is 1. The van der Waals surface area contributed by atoms with E-state index in [0.717, 1.165) is 23.1 Å². The first-order chi connectivity index (χ1) is 15.5. The summed E-state index contributed by atoms with van der Waals surface area (Å²) in [5.41, 5.74) is 1.01. The smallest absolute Gasteiger partial charge is 0.150 e. The molecule has 0 spiro atoms. The first kappa shape index (κ1) is 22.8. The van der Waals surface area contributed by atoms with Gasteiger partial charge in [0.05, 0.1) is 11.1 Å². The summed E-state index contributed by atoms with van der Waals surface area (Å²) in [5, 5.41) is 19.8. The lowest BCUT2D eigenvalue weighted by atomic mass is 10.0. The summed E-state index contributed by atoms with van der Waals surface area (Å²) in [6, 6.07) is 23.4. The first-order valence-electron chi connectivity index (χ1n) is 9.16. The maximum Gasteiger partial charge on any atom is 0.150 e. The van der Waals surface area contributed by atoms with Crippen molar-refractivity contribution >= 4 is 40.3 Å². The van der Waals surface area contributed by atoms with E-state index in [1.807, 2.05) is 24.3 Å². The molecule has 4 rings (SSSR count). The first-order valence-corrected chi connectivity index (χ1v) is 9.92. The van der Waals surface area contributed by atoms with E-state index in [-0.39, 0.29) is 5.56 Å². The van der Waals surface area contributed by atoms with E-state index in [9.17, 15) is 9.18 Å². The van der Waals surface area contributed by atoms with Gasteiger partial charge in [-0.3, -0.25) is 4.79 Å². The van der Waals surface area contributed by atoms with E-state index in [0.29, 0.717) is 32.7 Å². The molecule has 32 heavy (non-hydrogen) atoms. The predicted octanol–water partition coefficient (Wildman–Crippen LogP) is 7.32. The molecule has 0 amide bonds. The number of rotatable bonds is 3. The summed E-state index contributed by atoms with van der Waals surface area (Å²) in [4.78, 5) is 11.1. The van der Waals surface area contributed by atoms with Crippen molar-refractivity contribution in [2.75, 3.05) is 0 Å². The predicted molar refractivity (Wildman–Crippen MR) is 122 cm³/mol. The molecule has 0 radical (unpaired) electrons. The molecule has 7 heteroatoms. The Labute approximate surface area is 193 Å². The van der Waals surface area contributed by atoms with Crippen molar-refractivity contribution in [3.05, 3.63) is 105 Å². The highest BCUT2D eigenvalue weighted by molar-refractivity contribution is 6.31. The van der Waals surface area contributed by atoms with E-state index in [2.05, 4.69) is 6.07 Å². The Morgan fingerprint density at radius 3 is 2.03 bits per heavy atom. The number of halogens is 3. The third kappa shape index (κ3) is 5.22. The van der Waals surface area contributed by atoms with Crippen molar-refractivity contribution in [3.8, 4) is 23.6 Å². The quantitative estimate of drug-likeness (QED) is 0.299. The molecule has 0 atom stereocenters. The van der Waals surface area contributed by atoms with Gasteiger partial charge >= 0.3 is 0 Å². The summed E-state index contributed by atoms with van der Waals surface area (Å²) in [6.07, 6.45) is 0.812. The van der Waals surface area contributed by atoms with E-state index in [1.54, 1.807) is 36.4 Å². The van der Waals surface area contributed by atoms with Crippen LogP contribution in [0.3, 0.4) is 0 Å². The molecule has 0 aliphatic heterocycles. The third-order valence-corrected chi connectivity index (χ3v) is 4.85. The second kappa shape index (κ2) is 10.4. The summed E-state index contributed by atoms with van der Waals surface area (Å²) >= 11 is 11.4. The lowest BCUT2D eigenvalue weighted by Gasteiger charge is -2.11. The van der Waals surface area contributed by atoms with E-state index >= 15 is 0 Å². The fourth-order valence-electron chi connectivity index (χ4n) is 2.86. The highest BCUT2D eigenvalue weighted by Crippen LogP contribution is 2.34. The van der Waals surface area contributed by atoms with Gasteiger partial charge < -0.3 is 4.74 Å². The molecule has 0 heterocycles. The average molecular weight is 463 g/mol. The van der Waals surface area contributed by atoms with Crippen LogP contribution in [-0.2, 0) is 0 Å². The van der Waals surface area contributed by atoms with Gasteiger partial charge in [0.25, 0.3) is 0 Å². The molecular weight excluding hydrogens is 450 g/mol. The van der Waals surface area contributed by atoms with Crippen molar-refractivity contribution in [1.29, 1.82) is 10.5 Å². The van der Waals surface area contributed by atoms with Gasteiger partial charge in [0.15, 0.2) is 6.29 Å². The number of aldehydes is 1. The number of fused-ring (bicyclic) bond motifs is 1. The highest BCUT2D eigenvalue weighted by Gasteiger charge is 2.10. The van der Waals surface area contributed by atoms with Crippen LogP contribution >= 0.6 is 23.2 Å². The standard InChI is InChI=1S/C18H10ClNO2.C7H3ClFN/c19-14-7-5-12(10-20)18(9-14)22-17-8-6-13(11-21)15-3-1-2-4-16(15)17;8-6-2-1-5(4-10)7(9)3-6/h1-9,11H;1-3H. The molecule has 4 nitrogen and oxygen atoms in total. The Balaban J connectivity index is 0.000000243. The molecule has 0 saturated carbocycles. The molecule has 0 aliphatic carbocycles. The Morgan fingerprint density at radius 2 is 1.41 bits per heavy atom. The highest BCUT2D eigenvalue weighted by atomic mass is 35.5. The fraction of sp³-hybridized carbons (Fsp3) is 0. The molecule has 4 aromatic carbocycles. The zero-order valence-electron chi connectivity index (χ0n) is 16.4. The van der Waals surface area contributed by atoms with Crippen LogP contribution in [0.15, 0.2) is 72.8 Å². The number of nitrogens with zero attached hydrogens (tertiary/aromatic N) is 2. The van der Waals surface area contributed by atoms with Crippen LogP contribution in [0.4, 0.5) is 4.39 Å². The molecular formula is C25H13Cl2FN2O2. The van der Waals surface area contributed by atoms with Gasteiger partial charge in [0, 0.05) is 27.1 Å². The zero-order valence-corrected chi connectivity index (χ0v) is 17.9. The minimum Gasteiger partial charge on any atom is -0.455 e. The molecule has 4 aromatic rings.